The van der Waals surface area contributed by atoms with E-state index in [0.29, 0.717) is 10.7 Å². The fourth-order valence-corrected chi connectivity index (χ4v) is 3.41. The first-order valence-corrected chi connectivity index (χ1v) is 8.85. The zero-order valence-electron chi connectivity index (χ0n) is 12.9. The Kier molecular flexibility index (Phi) is 5.06. The van der Waals surface area contributed by atoms with E-state index in [1.54, 1.807) is 18.4 Å². The van der Waals surface area contributed by atoms with E-state index in [1.807, 2.05) is 43.3 Å². The normalized spacial score (nSPS) is 17.2. The number of hydrogen-bond donors (Lipinski definition) is 0. The summed E-state index contributed by atoms with van der Waals surface area (Å²) in [5, 5.41) is -0.250. The predicted octanol–water partition coefficient (Wildman–Crippen LogP) is 5.22. The van der Waals surface area contributed by atoms with Crippen molar-refractivity contribution in [2.45, 2.75) is 13.5 Å². The van der Waals surface area contributed by atoms with Crippen LogP contribution in [-0.2, 0) is 11.3 Å². The van der Waals surface area contributed by atoms with Gasteiger partial charge in [-0.2, -0.15) is 0 Å². The van der Waals surface area contributed by atoms with E-state index in [0.717, 1.165) is 27.4 Å². The number of furan rings is 1. The van der Waals surface area contributed by atoms with Gasteiger partial charge in [0.05, 0.1) is 17.7 Å². The van der Waals surface area contributed by atoms with Crippen LogP contribution >= 0.6 is 27.7 Å². The molecular weight excluding hydrogens is 390 g/mol. The number of rotatable bonds is 4. The predicted molar refractivity (Wildman–Crippen MR) is 98.1 cm³/mol. The summed E-state index contributed by atoms with van der Waals surface area (Å²) in [7, 11) is 0. The van der Waals surface area contributed by atoms with Crippen LogP contribution in [-0.4, -0.2) is 16.0 Å². The lowest BCUT2D eigenvalue weighted by molar-refractivity contribution is -0.123. The second-order valence-electron chi connectivity index (χ2n) is 5.30. The van der Waals surface area contributed by atoms with Crippen molar-refractivity contribution in [2.24, 2.45) is 0 Å². The molecule has 0 spiro atoms. The molecule has 0 aliphatic carbocycles. The number of imide groups is 1. The van der Waals surface area contributed by atoms with Gasteiger partial charge in [-0.3, -0.25) is 14.5 Å². The van der Waals surface area contributed by atoms with Gasteiger partial charge in [0.25, 0.3) is 11.1 Å². The first-order chi connectivity index (χ1) is 11.5. The summed E-state index contributed by atoms with van der Waals surface area (Å²) in [6.45, 7) is 2.14. The Bertz CT molecular complexity index is 822. The SMILES string of the molecule is CC(/C=C1\SC(=O)N(Cc2ccc(Br)cc2)C1=O)=C\c1ccco1. The van der Waals surface area contributed by atoms with Crippen molar-refractivity contribution in [2.75, 3.05) is 0 Å². The number of carbonyl (C=O) groups excluding carboxylic acids is 2. The largest absolute Gasteiger partial charge is 0.465 e. The maximum atomic E-state index is 12.5. The van der Waals surface area contributed by atoms with E-state index in [-0.39, 0.29) is 17.7 Å². The van der Waals surface area contributed by atoms with Crippen LogP contribution in [0.1, 0.15) is 18.2 Å². The molecule has 0 saturated carbocycles. The number of benzene rings is 1. The number of halogens is 1. The average Bonchev–Trinajstić information content (AvgIpc) is 3.13. The molecule has 2 amide bonds. The zero-order valence-corrected chi connectivity index (χ0v) is 15.3. The van der Waals surface area contributed by atoms with E-state index in [2.05, 4.69) is 15.9 Å². The van der Waals surface area contributed by atoms with Crippen LogP contribution in [0.25, 0.3) is 6.08 Å². The molecule has 1 aromatic heterocycles. The molecule has 0 unspecified atom stereocenters. The Balaban J connectivity index is 1.76. The van der Waals surface area contributed by atoms with Crippen LogP contribution in [0.15, 0.2) is 68.1 Å². The van der Waals surface area contributed by atoms with E-state index in [1.165, 1.54) is 4.90 Å². The molecule has 0 atom stereocenters. The molecular formula is C18H14BrNO3S. The Morgan fingerprint density at radius 3 is 2.67 bits per heavy atom. The van der Waals surface area contributed by atoms with Gasteiger partial charge in [0.2, 0.25) is 0 Å². The summed E-state index contributed by atoms with van der Waals surface area (Å²) in [5.41, 5.74) is 1.75. The molecule has 4 nitrogen and oxygen atoms in total. The highest BCUT2D eigenvalue weighted by Crippen LogP contribution is 2.33. The summed E-state index contributed by atoms with van der Waals surface area (Å²) >= 11 is 4.33. The van der Waals surface area contributed by atoms with Crippen LogP contribution in [0.3, 0.4) is 0 Å². The fourth-order valence-electron chi connectivity index (χ4n) is 2.25. The third kappa shape index (κ3) is 3.88. The maximum absolute atomic E-state index is 12.5. The second-order valence-corrected chi connectivity index (χ2v) is 7.21. The van der Waals surface area contributed by atoms with Gasteiger partial charge in [-0.05, 0) is 66.2 Å². The topological polar surface area (TPSA) is 50.5 Å². The molecule has 3 rings (SSSR count). The maximum Gasteiger partial charge on any atom is 0.293 e. The minimum atomic E-state index is -0.264. The zero-order chi connectivity index (χ0) is 17.1. The Morgan fingerprint density at radius 2 is 2.00 bits per heavy atom. The van der Waals surface area contributed by atoms with E-state index < -0.39 is 0 Å². The average molecular weight is 404 g/mol. The first-order valence-electron chi connectivity index (χ1n) is 7.24. The molecule has 2 heterocycles. The number of hydrogen-bond acceptors (Lipinski definition) is 4. The molecule has 122 valence electrons. The summed E-state index contributed by atoms with van der Waals surface area (Å²) in [6.07, 6.45) is 5.13. The molecule has 6 heteroatoms. The van der Waals surface area contributed by atoms with Crippen molar-refractivity contribution in [3.05, 3.63) is 75.0 Å². The second kappa shape index (κ2) is 7.23. The third-order valence-corrected chi connectivity index (χ3v) is 4.84. The smallest absolute Gasteiger partial charge is 0.293 e. The van der Waals surface area contributed by atoms with Crippen molar-refractivity contribution in [1.29, 1.82) is 0 Å². The Morgan fingerprint density at radius 1 is 1.25 bits per heavy atom. The summed E-state index contributed by atoms with van der Waals surface area (Å²) < 4.78 is 6.21. The number of nitrogens with zero attached hydrogens (tertiary/aromatic N) is 1. The van der Waals surface area contributed by atoms with Crippen molar-refractivity contribution < 1.29 is 14.0 Å². The van der Waals surface area contributed by atoms with Gasteiger partial charge < -0.3 is 4.42 Å². The van der Waals surface area contributed by atoms with Crippen LogP contribution < -0.4 is 0 Å². The summed E-state index contributed by atoms with van der Waals surface area (Å²) in [5.74, 6) is 0.443. The lowest BCUT2D eigenvalue weighted by Gasteiger charge is -2.12. The van der Waals surface area contributed by atoms with Gasteiger partial charge in [-0.1, -0.05) is 28.1 Å². The number of allylic oxidation sites excluding steroid dienone is 2. The number of carbonyl (C=O) groups is 2. The summed E-state index contributed by atoms with van der Waals surface area (Å²) in [4.78, 5) is 26.3. The minimum Gasteiger partial charge on any atom is -0.465 e. The molecule has 1 fully saturated rings. The van der Waals surface area contributed by atoms with Crippen molar-refractivity contribution in [3.8, 4) is 0 Å². The lowest BCUT2D eigenvalue weighted by atomic mass is 10.2. The van der Waals surface area contributed by atoms with E-state index in [4.69, 9.17) is 4.42 Å². The quantitative estimate of drug-likeness (QED) is 0.656. The Labute approximate surface area is 152 Å². The number of amides is 2. The standard InChI is InChI=1S/C18H14BrNO3S/c1-12(9-15-3-2-8-23-15)10-16-17(21)20(18(22)24-16)11-13-4-6-14(19)7-5-13/h2-10H,11H2,1H3/b12-9+,16-10-. The molecule has 1 saturated heterocycles. The Hall–Kier alpha value is -2.05. The van der Waals surface area contributed by atoms with Crippen molar-refractivity contribution >= 4 is 44.9 Å². The van der Waals surface area contributed by atoms with Crippen LogP contribution in [0.2, 0.25) is 0 Å². The highest BCUT2D eigenvalue weighted by atomic mass is 79.9. The van der Waals surface area contributed by atoms with Gasteiger partial charge in [-0.25, -0.2) is 0 Å². The van der Waals surface area contributed by atoms with Gasteiger partial charge in [0.1, 0.15) is 5.76 Å². The molecule has 0 N–H and O–H groups in total. The summed E-state index contributed by atoms with van der Waals surface area (Å²) in [6, 6.07) is 11.2. The van der Waals surface area contributed by atoms with Gasteiger partial charge >= 0.3 is 0 Å². The minimum absolute atomic E-state index is 0.250. The van der Waals surface area contributed by atoms with Crippen molar-refractivity contribution in [3.63, 3.8) is 0 Å². The third-order valence-electron chi connectivity index (χ3n) is 3.40. The molecule has 1 aliphatic rings. The van der Waals surface area contributed by atoms with Gasteiger partial charge in [0.15, 0.2) is 0 Å². The lowest BCUT2D eigenvalue weighted by Crippen LogP contribution is -2.27. The van der Waals surface area contributed by atoms with Gasteiger partial charge in [-0.15, -0.1) is 0 Å². The molecule has 1 aromatic carbocycles. The molecule has 24 heavy (non-hydrogen) atoms. The molecule has 2 aromatic rings. The van der Waals surface area contributed by atoms with E-state index >= 15 is 0 Å². The monoisotopic (exact) mass is 403 g/mol. The van der Waals surface area contributed by atoms with Crippen LogP contribution in [0.5, 0.6) is 0 Å². The highest BCUT2D eigenvalue weighted by molar-refractivity contribution is 9.10. The highest BCUT2D eigenvalue weighted by Gasteiger charge is 2.34. The van der Waals surface area contributed by atoms with Crippen LogP contribution in [0, 0.1) is 0 Å². The molecule has 0 radical (unpaired) electrons. The number of thioether (sulfide) groups is 1. The molecule has 0 bridgehead atoms. The van der Waals surface area contributed by atoms with Crippen LogP contribution in [0.4, 0.5) is 4.79 Å². The van der Waals surface area contributed by atoms with Crippen molar-refractivity contribution in [1.82, 2.24) is 4.90 Å². The fraction of sp³-hybridized carbons (Fsp3) is 0.111. The first kappa shape index (κ1) is 16.8. The van der Waals surface area contributed by atoms with E-state index in [9.17, 15) is 9.59 Å². The van der Waals surface area contributed by atoms with Gasteiger partial charge in [0, 0.05) is 4.47 Å². The molecule has 1 aliphatic heterocycles.